The van der Waals surface area contributed by atoms with Gasteiger partial charge in [-0.1, -0.05) is 54.6 Å². The Labute approximate surface area is 137 Å². The third-order valence-corrected chi connectivity index (χ3v) is 5.18. The maximum atomic E-state index is 2.50. The number of halogens is 1. The van der Waals surface area contributed by atoms with Crippen molar-refractivity contribution in [2.75, 3.05) is 20.1 Å². The van der Waals surface area contributed by atoms with E-state index in [0.29, 0.717) is 5.92 Å². The molecule has 0 aromatic heterocycles. The fourth-order valence-electron chi connectivity index (χ4n) is 4.33. The van der Waals surface area contributed by atoms with Gasteiger partial charge in [0.1, 0.15) is 0 Å². The number of likely N-dealkylation sites (tertiary alicyclic amines) is 1. The van der Waals surface area contributed by atoms with E-state index in [1.165, 1.54) is 25.1 Å². The minimum absolute atomic E-state index is 0. The molecule has 1 heterocycles. The first kappa shape index (κ1) is 14.8. The number of fused-ring (bicyclic) bond motifs is 3. The number of hydrogen-bond donors (Lipinski definition) is 0. The van der Waals surface area contributed by atoms with Crippen LogP contribution in [-0.4, -0.2) is 25.0 Å². The predicted molar refractivity (Wildman–Crippen MR) is 93.4 cm³/mol. The monoisotopic (exact) mass is 343 g/mol. The van der Waals surface area contributed by atoms with Crippen LogP contribution in [0.25, 0.3) is 0 Å². The van der Waals surface area contributed by atoms with E-state index in [-0.39, 0.29) is 17.0 Å². The summed E-state index contributed by atoms with van der Waals surface area (Å²) in [6, 6.07) is 20.2. The van der Waals surface area contributed by atoms with Gasteiger partial charge in [-0.25, -0.2) is 0 Å². The Kier molecular flexibility index (Phi) is 4.19. The summed E-state index contributed by atoms with van der Waals surface area (Å²) in [5.74, 6) is 2.08. The summed E-state index contributed by atoms with van der Waals surface area (Å²) in [7, 11) is 2.27. The lowest BCUT2D eigenvalue weighted by molar-refractivity contribution is 0.184. The van der Waals surface area contributed by atoms with Crippen LogP contribution in [0.3, 0.4) is 0 Å². The smallest absolute Gasteiger partial charge is 0.0138 e. The number of hydrogen-bond acceptors (Lipinski definition) is 1. The van der Waals surface area contributed by atoms with Crippen LogP contribution in [0.2, 0.25) is 0 Å². The second-order valence-electron chi connectivity index (χ2n) is 6.34. The van der Waals surface area contributed by atoms with Crippen LogP contribution in [0, 0.1) is 5.92 Å². The molecule has 0 radical (unpaired) electrons. The number of piperidine rings is 1. The first-order chi connectivity index (χ1) is 9.84. The molecule has 1 aliphatic carbocycles. The lowest BCUT2D eigenvalue weighted by atomic mass is 9.79. The van der Waals surface area contributed by atoms with Gasteiger partial charge in [0.25, 0.3) is 0 Å². The van der Waals surface area contributed by atoms with Crippen LogP contribution in [0.1, 0.15) is 34.9 Å². The largest absolute Gasteiger partial charge is 0.306 e. The Bertz CT molecular complexity index is 610. The van der Waals surface area contributed by atoms with Gasteiger partial charge in [0.2, 0.25) is 0 Å². The van der Waals surface area contributed by atoms with Gasteiger partial charge in [-0.15, -0.1) is 17.0 Å². The van der Waals surface area contributed by atoms with Crippen molar-refractivity contribution < 1.29 is 0 Å². The van der Waals surface area contributed by atoms with Gasteiger partial charge in [0.15, 0.2) is 0 Å². The molecule has 2 aromatic carbocycles. The molecule has 2 heteroatoms. The zero-order valence-corrected chi connectivity index (χ0v) is 14.1. The van der Waals surface area contributed by atoms with Crippen LogP contribution < -0.4 is 0 Å². The van der Waals surface area contributed by atoms with Gasteiger partial charge in [0.05, 0.1) is 0 Å². The van der Waals surface area contributed by atoms with Crippen molar-refractivity contribution >= 4 is 17.0 Å². The molecule has 1 saturated heterocycles. The highest BCUT2D eigenvalue weighted by atomic mass is 79.9. The minimum Gasteiger partial charge on any atom is -0.306 e. The zero-order chi connectivity index (χ0) is 13.5. The van der Waals surface area contributed by atoms with Crippen molar-refractivity contribution in [1.82, 2.24) is 4.90 Å². The second-order valence-corrected chi connectivity index (χ2v) is 6.34. The average Bonchev–Trinajstić information content (AvgIpc) is 2.81. The molecule has 0 amide bonds. The summed E-state index contributed by atoms with van der Waals surface area (Å²) in [6.07, 6.45) is 1.31. The Morgan fingerprint density at radius 3 is 2.33 bits per heavy atom. The van der Waals surface area contributed by atoms with Crippen molar-refractivity contribution in [3.63, 3.8) is 0 Å². The topological polar surface area (TPSA) is 3.24 Å². The van der Waals surface area contributed by atoms with E-state index in [1.54, 1.807) is 11.1 Å². The summed E-state index contributed by atoms with van der Waals surface area (Å²) in [5, 5.41) is 0. The van der Waals surface area contributed by atoms with Crippen molar-refractivity contribution in [1.29, 1.82) is 0 Å². The van der Waals surface area contributed by atoms with Gasteiger partial charge < -0.3 is 4.90 Å². The highest BCUT2D eigenvalue weighted by molar-refractivity contribution is 8.93. The molecule has 4 rings (SSSR count). The summed E-state index contributed by atoms with van der Waals surface area (Å²) in [4.78, 5) is 2.50. The second kappa shape index (κ2) is 5.94. The quantitative estimate of drug-likeness (QED) is 0.739. The molecule has 1 nitrogen and oxygen atoms in total. The van der Waals surface area contributed by atoms with Crippen LogP contribution in [0.5, 0.6) is 0 Å². The van der Waals surface area contributed by atoms with Crippen molar-refractivity contribution in [3.8, 4) is 0 Å². The molecule has 0 spiro atoms. The third-order valence-electron chi connectivity index (χ3n) is 5.18. The molecular formula is C19H22BrN. The van der Waals surface area contributed by atoms with Crippen molar-refractivity contribution in [2.24, 2.45) is 5.92 Å². The van der Waals surface area contributed by atoms with E-state index in [1.807, 2.05) is 0 Å². The van der Waals surface area contributed by atoms with Crippen molar-refractivity contribution in [2.45, 2.75) is 18.3 Å². The zero-order valence-electron chi connectivity index (χ0n) is 12.4. The van der Waals surface area contributed by atoms with Crippen LogP contribution in [0.15, 0.2) is 54.6 Å². The van der Waals surface area contributed by atoms with Gasteiger partial charge in [-0.2, -0.15) is 0 Å². The van der Waals surface area contributed by atoms with E-state index >= 15 is 0 Å². The molecule has 3 atom stereocenters. The fourth-order valence-corrected chi connectivity index (χ4v) is 4.33. The van der Waals surface area contributed by atoms with E-state index < -0.39 is 0 Å². The Morgan fingerprint density at radius 2 is 1.57 bits per heavy atom. The minimum atomic E-state index is 0. The molecule has 1 aliphatic heterocycles. The molecule has 0 N–H and O–H groups in total. The lowest BCUT2D eigenvalue weighted by Gasteiger charge is -2.35. The SMILES string of the molecule is Br.CN1CCC2c3ccccc3C(c3ccccc3)C2C1. The maximum Gasteiger partial charge on any atom is 0.0138 e. The Hall–Kier alpha value is -1.12. The molecular weight excluding hydrogens is 322 g/mol. The molecule has 21 heavy (non-hydrogen) atoms. The first-order valence-corrected chi connectivity index (χ1v) is 7.67. The molecule has 0 saturated carbocycles. The lowest BCUT2D eigenvalue weighted by Crippen LogP contribution is -2.36. The van der Waals surface area contributed by atoms with E-state index in [2.05, 4.69) is 66.5 Å². The van der Waals surface area contributed by atoms with Gasteiger partial charge in [0, 0.05) is 12.5 Å². The third kappa shape index (κ3) is 2.45. The van der Waals surface area contributed by atoms with Crippen LogP contribution >= 0.6 is 17.0 Å². The molecule has 0 bridgehead atoms. The first-order valence-electron chi connectivity index (χ1n) is 7.67. The maximum absolute atomic E-state index is 2.50. The molecule has 3 unspecified atom stereocenters. The standard InChI is InChI=1S/C19H21N.BrH/c1-20-12-11-16-15-9-5-6-10-17(15)19(18(16)13-20)14-7-3-2-4-8-14;/h2-10,16,18-19H,11-13H2,1H3;1H. The highest BCUT2D eigenvalue weighted by Crippen LogP contribution is 2.52. The number of benzene rings is 2. The van der Waals surface area contributed by atoms with E-state index in [4.69, 9.17) is 0 Å². The van der Waals surface area contributed by atoms with Crippen LogP contribution in [-0.2, 0) is 0 Å². The van der Waals surface area contributed by atoms with Gasteiger partial charge in [-0.3, -0.25) is 0 Å². The molecule has 2 aromatic rings. The molecule has 2 aliphatic rings. The van der Waals surface area contributed by atoms with E-state index in [0.717, 1.165) is 11.8 Å². The Balaban J connectivity index is 0.00000132. The van der Waals surface area contributed by atoms with Gasteiger partial charge >= 0.3 is 0 Å². The van der Waals surface area contributed by atoms with Gasteiger partial charge in [-0.05, 0) is 48.5 Å². The average molecular weight is 344 g/mol. The number of nitrogens with zero attached hydrogens (tertiary/aromatic N) is 1. The van der Waals surface area contributed by atoms with E-state index in [9.17, 15) is 0 Å². The predicted octanol–water partition coefficient (Wildman–Crippen LogP) is 4.45. The summed E-state index contributed by atoms with van der Waals surface area (Å²) in [5.41, 5.74) is 4.67. The summed E-state index contributed by atoms with van der Waals surface area (Å²) in [6.45, 7) is 2.45. The normalized spacial score (nSPS) is 27.6. The Morgan fingerprint density at radius 1 is 0.905 bits per heavy atom. The summed E-state index contributed by atoms with van der Waals surface area (Å²) >= 11 is 0. The highest BCUT2D eigenvalue weighted by Gasteiger charge is 2.43. The molecule has 1 fully saturated rings. The molecule has 110 valence electrons. The van der Waals surface area contributed by atoms with Crippen molar-refractivity contribution in [3.05, 3.63) is 71.3 Å². The summed E-state index contributed by atoms with van der Waals surface area (Å²) < 4.78 is 0. The number of rotatable bonds is 1. The fraction of sp³-hybridized carbons (Fsp3) is 0.368. The van der Waals surface area contributed by atoms with Crippen LogP contribution in [0.4, 0.5) is 0 Å².